The van der Waals surface area contributed by atoms with Gasteiger partial charge in [0.15, 0.2) is 0 Å². The number of fused-ring (bicyclic) bond motifs is 3. The number of ether oxygens (including phenoxy) is 1. The maximum absolute atomic E-state index is 13.2. The highest BCUT2D eigenvalue weighted by molar-refractivity contribution is 5.94. The SMILES string of the molecule is CN1CCN(C(=O)CCCn2cccn2)CCOc2ccc(-c3cncnc3)cc2Cc2cccc(c2)C1=O. The van der Waals surface area contributed by atoms with Crippen LogP contribution < -0.4 is 4.74 Å². The number of carbonyl (C=O) groups is 2. The quantitative estimate of drug-likeness (QED) is 0.395. The third-order valence-electron chi connectivity index (χ3n) is 6.88. The first kappa shape index (κ1) is 26.1. The van der Waals surface area contributed by atoms with E-state index in [-0.39, 0.29) is 11.8 Å². The van der Waals surface area contributed by atoms with Gasteiger partial charge in [-0.3, -0.25) is 14.3 Å². The van der Waals surface area contributed by atoms with Crippen molar-refractivity contribution in [1.82, 2.24) is 29.5 Å². The molecule has 39 heavy (non-hydrogen) atoms. The Morgan fingerprint density at radius 2 is 1.85 bits per heavy atom. The maximum Gasteiger partial charge on any atom is 0.253 e. The zero-order valence-corrected chi connectivity index (χ0v) is 22.1. The van der Waals surface area contributed by atoms with E-state index in [9.17, 15) is 9.59 Å². The Kier molecular flexibility index (Phi) is 8.26. The molecule has 0 aliphatic carbocycles. The van der Waals surface area contributed by atoms with Gasteiger partial charge in [-0.1, -0.05) is 18.2 Å². The molecule has 0 atom stereocenters. The number of carbonyl (C=O) groups excluding carboxylic acids is 2. The van der Waals surface area contributed by atoms with Gasteiger partial charge in [0.2, 0.25) is 5.91 Å². The van der Waals surface area contributed by atoms with Crippen molar-refractivity contribution in [1.29, 1.82) is 0 Å². The van der Waals surface area contributed by atoms with E-state index in [4.69, 9.17) is 4.74 Å². The molecule has 0 saturated carbocycles. The Labute approximate surface area is 228 Å². The molecule has 0 N–H and O–H groups in total. The second kappa shape index (κ2) is 12.3. The van der Waals surface area contributed by atoms with Crippen molar-refractivity contribution in [2.75, 3.05) is 33.3 Å². The van der Waals surface area contributed by atoms with Gasteiger partial charge in [-0.25, -0.2) is 9.97 Å². The summed E-state index contributed by atoms with van der Waals surface area (Å²) < 4.78 is 8.09. The minimum absolute atomic E-state index is 0.0420. The van der Waals surface area contributed by atoms with Crippen LogP contribution in [0.2, 0.25) is 0 Å². The van der Waals surface area contributed by atoms with Crippen LogP contribution >= 0.6 is 0 Å². The number of amides is 2. The van der Waals surface area contributed by atoms with Crippen molar-refractivity contribution < 1.29 is 14.3 Å². The molecule has 1 aliphatic rings. The number of rotatable bonds is 5. The van der Waals surface area contributed by atoms with Crippen LogP contribution in [0.3, 0.4) is 0 Å². The Bertz CT molecular complexity index is 1410. The molecular formula is C30H32N6O3. The van der Waals surface area contributed by atoms with Crippen molar-refractivity contribution in [2.45, 2.75) is 25.8 Å². The Hall–Kier alpha value is -4.53. The molecule has 3 heterocycles. The van der Waals surface area contributed by atoms with Crippen LogP contribution in [0.4, 0.5) is 0 Å². The molecule has 0 spiro atoms. The summed E-state index contributed by atoms with van der Waals surface area (Å²) in [5, 5.41) is 4.21. The van der Waals surface area contributed by atoms with Gasteiger partial charge in [0.1, 0.15) is 18.7 Å². The van der Waals surface area contributed by atoms with Crippen molar-refractivity contribution in [2.24, 2.45) is 0 Å². The van der Waals surface area contributed by atoms with Crippen LogP contribution in [-0.2, 0) is 17.8 Å². The second-order valence-electron chi connectivity index (χ2n) is 9.66. The number of aromatic nitrogens is 4. The Balaban J connectivity index is 1.39. The van der Waals surface area contributed by atoms with Crippen LogP contribution in [0.5, 0.6) is 5.75 Å². The highest BCUT2D eigenvalue weighted by atomic mass is 16.5. The lowest BCUT2D eigenvalue weighted by molar-refractivity contribution is -0.131. The van der Waals surface area contributed by atoms with E-state index in [1.54, 1.807) is 35.4 Å². The van der Waals surface area contributed by atoms with E-state index in [1.807, 2.05) is 53.3 Å². The van der Waals surface area contributed by atoms with Crippen molar-refractivity contribution in [3.8, 4) is 16.9 Å². The van der Waals surface area contributed by atoms with E-state index in [1.165, 1.54) is 6.33 Å². The first-order valence-corrected chi connectivity index (χ1v) is 13.2. The highest BCUT2D eigenvalue weighted by Gasteiger charge is 2.19. The molecule has 0 radical (unpaired) electrons. The van der Waals surface area contributed by atoms with Gasteiger partial charge in [-0.2, -0.15) is 5.10 Å². The molecule has 0 saturated heterocycles. The van der Waals surface area contributed by atoms with Gasteiger partial charge in [0.25, 0.3) is 5.91 Å². The predicted molar refractivity (Wildman–Crippen MR) is 147 cm³/mol. The second-order valence-corrected chi connectivity index (χ2v) is 9.66. The summed E-state index contributed by atoms with van der Waals surface area (Å²) in [6.07, 6.45) is 10.4. The monoisotopic (exact) mass is 524 g/mol. The lowest BCUT2D eigenvalue weighted by atomic mass is 9.98. The number of hydrogen-bond donors (Lipinski definition) is 0. The standard InChI is InChI=1S/C30H32N6O3/c1-34-13-14-35(29(37)7-3-11-36-12-4-10-33-36)15-16-39-28-9-8-24(27-20-31-22-32-21-27)19-26(28)18-23-5-2-6-25(17-23)30(34)38/h2,4-6,8-10,12,17,19-22H,3,7,11,13-16,18H2,1H3. The highest BCUT2D eigenvalue weighted by Crippen LogP contribution is 2.28. The van der Waals surface area contributed by atoms with Gasteiger partial charge in [-0.05, 0) is 53.4 Å². The molecule has 5 rings (SSSR count). The van der Waals surface area contributed by atoms with Gasteiger partial charge < -0.3 is 14.5 Å². The topological polar surface area (TPSA) is 93.5 Å². The zero-order valence-electron chi connectivity index (χ0n) is 22.1. The largest absolute Gasteiger partial charge is 0.491 e. The van der Waals surface area contributed by atoms with Crippen LogP contribution in [0.1, 0.15) is 34.3 Å². The minimum Gasteiger partial charge on any atom is -0.491 e. The van der Waals surface area contributed by atoms with Crippen LogP contribution in [0.25, 0.3) is 11.1 Å². The van der Waals surface area contributed by atoms with E-state index >= 15 is 0 Å². The summed E-state index contributed by atoms with van der Waals surface area (Å²) >= 11 is 0. The summed E-state index contributed by atoms with van der Waals surface area (Å²) in [5.41, 5.74) is 4.53. The molecule has 2 aromatic heterocycles. The van der Waals surface area contributed by atoms with E-state index in [2.05, 4.69) is 21.1 Å². The van der Waals surface area contributed by atoms with E-state index < -0.39 is 0 Å². The molecule has 200 valence electrons. The summed E-state index contributed by atoms with van der Waals surface area (Å²) in [5.74, 6) is 0.736. The summed E-state index contributed by atoms with van der Waals surface area (Å²) in [6, 6.07) is 15.6. The third-order valence-corrected chi connectivity index (χ3v) is 6.88. The molecule has 2 amide bonds. The Morgan fingerprint density at radius 1 is 0.974 bits per heavy atom. The average Bonchev–Trinajstić information content (AvgIpc) is 3.48. The summed E-state index contributed by atoms with van der Waals surface area (Å²) in [6.45, 7) is 2.34. The number of nitrogens with zero attached hydrogens (tertiary/aromatic N) is 6. The predicted octanol–water partition coefficient (Wildman–Crippen LogP) is 3.70. The van der Waals surface area contributed by atoms with Gasteiger partial charge in [0, 0.05) is 75.4 Å². The fourth-order valence-corrected chi connectivity index (χ4v) is 4.72. The molecular weight excluding hydrogens is 492 g/mol. The minimum atomic E-state index is -0.0633. The fourth-order valence-electron chi connectivity index (χ4n) is 4.72. The van der Waals surface area contributed by atoms with Gasteiger partial charge in [-0.15, -0.1) is 0 Å². The number of hydrogen-bond acceptors (Lipinski definition) is 6. The molecule has 1 aliphatic heterocycles. The molecule has 9 nitrogen and oxygen atoms in total. The molecule has 0 unspecified atom stereocenters. The zero-order chi connectivity index (χ0) is 27.0. The summed E-state index contributed by atoms with van der Waals surface area (Å²) in [4.78, 5) is 38.2. The number of likely N-dealkylation sites (N-methyl/N-ethyl adjacent to an activating group) is 1. The molecule has 4 aromatic rings. The third kappa shape index (κ3) is 6.67. The maximum atomic E-state index is 13.2. The molecule has 0 fully saturated rings. The van der Waals surface area contributed by atoms with Crippen LogP contribution in [0, 0.1) is 0 Å². The fraction of sp³-hybridized carbons (Fsp3) is 0.300. The lowest BCUT2D eigenvalue weighted by Crippen LogP contribution is -2.41. The van der Waals surface area contributed by atoms with Crippen molar-refractivity contribution in [3.05, 3.63) is 96.3 Å². The van der Waals surface area contributed by atoms with Crippen LogP contribution in [-0.4, -0.2) is 74.7 Å². The van der Waals surface area contributed by atoms with Crippen LogP contribution in [0.15, 0.2) is 79.6 Å². The molecule has 2 bridgehead atoms. The first-order valence-electron chi connectivity index (χ1n) is 13.2. The molecule has 9 heteroatoms. The van der Waals surface area contributed by atoms with Crippen molar-refractivity contribution >= 4 is 11.8 Å². The van der Waals surface area contributed by atoms with Gasteiger partial charge in [0.05, 0.1) is 6.54 Å². The molecule has 2 aromatic carbocycles. The average molecular weight is 525 g/mol. The van der Waals surface area contributed by atoms with Crippen molar-refractivity contribution in [3.63, 3.8) is 0 Å². The Morgan fingerprint density at radius 3 is 2.67 bits per heavy atom. The number of aryl methyl sites for hydroxylation is 1. The first-order chi connectivity index (χ1) is 19.1. The summed E-state index contributed by atoms with van der Waals surface area (Å²) in [7, 11) is 1.78. The van der Waals surface area contributed by atoms with Gasteiger partial charge >= 0.3 is 0 Å². The normalized spacial score (nSPS) is 14.3. The lowest BCUT2D eigenvalue weighted by Gasteiger charge is -2.27. The van der Waals surface area contributed by atoms with E-state index in [0.717, 1.165) is 28.0 Å². The van der Waals surface area contributed by atoms with E-state index in [0.29, 0.717) is 57.6 Å². The number of benzene rings is 2. The smallest absolute Gasteiger partial charge is 0.253 e.